The third-order valence-corrected chi connectivity index (χ3v) is 2.56. The summed E-state index contributed by atoms with van der Waals surface area (Å²) in [7, 11) is 0. The third kappa shape index (κ3) is 1.53. The summed E-state index contributed by atoms with van der Waals surface area (Å²) in [5.74, 6) is 0.321. The van der Waals surface area contributed by atoms with Crippen molar-refractivity contribution >= 4 is 11.5 Å². The van der Waals surface area contributed by atoms with Gasteiger partial charge in [0.05, 0.1) is 11.1 Å². The Kier molecular flexibility index (Phi) is 1.98. The van der Waals surface area contributed by atoms with E-state index in [9.17, 15) is 5.11 Å². The number of phenolic OH excluding ortho intramolecular Hbond substituents is 1. The molecule has 2 aromatic rings. The molecule has 0 unspecified atom stereocenters. The zero-order chi connectivity index (χ0) is 9.26. The number of nitrogens with zero attached hydrogens (tertiary/aromatic N) is 2. The average Bonchev–Trinajstić information content (AvgIpc) is 2.62. The van der Waals surface area contributed by atoms with Crippen molar-refractivity contribution in [2.45, 2.75) is 6.92 Å². The molecule has 0 atom stereocenters. The summed E-state index contributed by atoms with van der Waals surface area (Å²) in [6, 6.07) is 5.46. The van der Waals surface area contributed by atoms with Crippen molar-refractivity contribution in [1.29, 1.82) is 0 Å². The Morgan fingerprint density at radius 2 is 2.23 bits per heavy atom. The van der Waals surface area contributed by atoms with Crippen molar-refractivity contribution in [3.8, 4) is 16.2 Å². The highest BCUT2D eigenvalue weighted by Crippen LogP contribution is 2.26. The molecule has 0 amide bonds. The first-order chi connectivity index (χ1) is 6.27. The molecule has 13 heavy (non-hydrogen) atoms. The largest absolute Gasteiger partial charge is 0.508 e. The van der Waals surface area contributed by atoms with Gasteiger partial charge in [0, 0.05) is 0 Å². The summed E-state index contributed by atoms with van der Waals surface area (Å²) in [4.78, 5) is 1.02. The molecule has 0 bridgehead atoms. The van der Waals surface area contributed by atoms with E-state index in [0.29, 0.717) is 5.75 Å². The number of aromatic nitrogens is 2. The van der Waals surface area contributed by atoms with Crippen LogP contribution in [0.5, 0.6) is 5.75 Å². The lowest BCUT2D eigenvalue weighted by molar-refractivity contribution is 0.471. The van der Waals surface area contributed by atoms with Crippen LogP contribution in [0.2, 0.25) is 0 Å². The molecule has 1 aromatic carbocycles. The second-order valence-electron chi connectivity index (χ2n) is 2.78. The summed E-state index contributed by atoms with van der Waals surface area (Å²) in [5, 5.41) is 13.1. The Morgan fingerprint density at radius 1 is 1.38 bits per heavy atom. The first-order valence-corrected chi connectivity index (χ1v) is 4.62. The number of hydrogen-bond donors (Lipinski definition) is 1. The normalized spacial score (nSPS) is 10.2. The summed E-state index contributed by atoms with van der Waals surface area (Å²) in [5.41, 5.74) is 1.91. The van der Waals surface area contributed by atoms with Gasteiger partial charge in [-0.15, -0.1) is 5.10 Å². The Hall–Kier alpha value is -1.42. The topological polar surface area (TPSA) is 46.0 Å². The van der Waals surface area contributed by atoms with Crippen LogP contribution in [0.4, 0.5) is 0 Å². The van der Waals surface area contributed by atoms with Gasteiger partial charge in [-0.3, -0.25) is 0 Å². The van der Waals surface area contributed by atoms with Crippen LogP contribution in [0.15, 0.2) is 24.4 Å². The molecular weight excluding hydrogens is 184 g/mol. The minimum absolute atomic E-state index is 0.321. The van der Waals surface area contributed by atoms with E-state index >= 15 is 0 Å². The van der Waals surface area contributed by atoms with Gasteiger partial charge in [-0.2, -0.15) is 0 Å². The number of aromatic hydroxyl groups is 1. The molecule has 0 saturated carbocycles. The predicted octanol–water partition coefficient (Wildman–Crippen LogP) is 2.22. The zero-order valence-corrected chi connectivity index (χ0v) is 7.88. The van der Waals surface area contributed by atoms with Crippen LogP contribution in [0.3, 0.4) is 0 Å². The van der Waals surface area contributed by atoms with E-state index in [1.807, 2.05) is 19.1 Å². The van der Waals surface area contributed by atoms with E-state index in [4.69, 9.17) is 0 Å². The average molecular weight is 192 g/mol. The molecule has 3 nitrogen and oxygen atoms in total. The second-order valence-corrected chi connectivity index (χ2v) is 3.57. The van der Waals surface area contributed by atoms with Gasteiger partial charge in [-0.05, 0) is 47.8 Å². The van der Waals surface area contributed by atoms with Gasteiger partial charge in [0.2, 0.25) is 0 Å². The molecule has 0 aliphatic heterocycles. The monoisotopic (exact) mass is 192 g/mol. The molecule has 0 fully saturated rings. The van der Waals surface area contributed by atoms with Gasteiger partial charge in [-0.25, -0.2) is 0 Å². The van der Waals surface area contributed by atoms with Crippen molar-refractivity contribution < 1.29 is 5.11 Å². The number of phenols is 1. The molecule has 1 N–H and O–H groups in total. The summed E-state index contributed by atoms with van der Waals surface area (Å²) in [6.45, 7) is 1.87. The number of benzene rings is 1. The van der Waals surface area contributed by atoms with Gasteiger partial charge in [0.25, 0.3) is 0 Å². The van der Waals surface area contributed by atoms with E-state index in [2.05, 4.69) is 9.59 Å². The van der Waals surface area contributed by atoms with Crippen molar-refractivity contribution in [3.05, 3.63) is 30.0 Å². The van der Waals surface area contributed by atoms with E-state index in [0.717, 1.165) is 16.0 Å². The highest BCUT2D eigenvalue weighted by atomic mass is 32.1. The fraction of sp³-hybridized carbons (Fsp3) is 0.111. The molecule has 2 rings (SSSR count). The van der Waals surface area contributed by atoms with Gasteiger partial charge < -0.3 is 5.11 Å². The van der Waals surface area contributed by atoms with Gasteiger partial charge in [0.15, 0.2) is 0 Å². The summed E-state index contributed by atoms with van der Waals surface area (Å²) in [6.07, 6.45) is 1.72. The van der Waals surface area contributed by atoms with E-state index in [1.54, 1.807) is 12.3 Å². The summed E-state index contributed by atoms with van der Waals surface area (Å²) >= 11 is 1.35. The lowest BCUT2D eigenvalue weighted by atomic mass is 10.1. The van der Waals surface area contributed by atoms with Gasteiger partial charge >= 0.3 is 0 Å². The molecule has 66 valence electrons. The zero-order valence-electron chi connectivity index (χ0n) is 7.06. The number of rotatable bonds is 1. The molecule has 0 spiro atoms. The Balaban J connectivity index is 2.49. The number of aryl methyl sites for hydroxylation is 1. The molecule has 0 aliphatic rings. The molecule has 1 aromatic heterocycles. The molecule has 4 heteroatoms. The fourth-order valence-corrected chi connectivity index (χ4v) is 1.61. The Morgan fingerprint density at radius 3 is 2.85 bits per heavy atom. The minimum atomic E-state index is 0.321. The van der Waals surface area contributed by atoms with Crippen LogP contribution in [-0.4, -0.2) is 14.7 Å². The highest BCUT2D eigenvalue weighted by molar-refractivity contribution is 7.09. The van der Waals surface area contributed by atoms with Crippen molar-refractivity contribution in [3.63, 3.8) is 0 Å². The van der Waals surface area contributed by atoms with Crippen LogP contribution in [0.1, 0.15) is 5.56 Å². The molecular formula is C9H8N2OS. The lowest BCUT2D eigenvalue weighted by Crippen LogP contribution is -1.76. The van der Waals surface area contributed by atoms with Crippen molar-refractivity contribution in [2.75, 3.05) is 0 Å². The van der Waals surface area contributed by atoms with Crippen LogP contribution >= 0.6 is 11.5 Å². The SMILES string of the molecule is Cc1cc(-c2cnns2)ccc1O. The predicted molar refractivity (Wildman–Crippen MR) is 51.7 cm³/mol. The smallest absolute Gasteiger partial charge is 0.118 e. The van der Waals surface area contributed by atoms with E-state index in [-0.39, 0.29) is 0 Å². The van der Waals surface area contributed by atoms with Gasteiger partial charge in [-0.1, -0.05) is 4.49 Å². The third-order valence-electron chi connectivity index (χ3n) is 1.84. The quantitative estimate of drug-likeness (QED) is 0.753. The van der Waals surface area contributed by atoms with Crippen molar-refractivity contribution in [1.82, 2.24) is 9.59 Å². The first-order valence-electron chi connectivity index (χ1n) is 3.85. The number of hydrogen-bond acceptors (Lipinski definition) is 4. The Bertz CT molecular complexity index is 412. The maximum absolute atomic E-state index is 9.31. The molecule has 0 saturated heterocycles. The highest BCUT2D eigenvalue weighted by Gasteiger charge is 2.02. The second kappa shape index (κ2) is 3.14. The first kappa shape index (κ1) is 8.19. The fourth-order valence-electron chi connectivity index (χ4n) is 1.10. The molecule has 0 radical (unpaired) electrons. The van der Waals surface area contributed by atoms with E-state index in [1.165, 1.54) is 11.5 Å². The van der Waals surface area contributed by atoms with Crippen LogP contribution in [0.25, 0.3) is 10.4 Å². The summed E-state index contributed by atoms with van der Waals surface area (Å²) < 4.78 is 3.78. The molecule has 0 aliphatic carbocycles. The van der Waals surface area contributed by atoms with Crippen LogP contribution in [0, 0.1) is 6.92 Å². The van der Waals surface area contributed by atoms with Crippen molar-refractivity contribution in [2.24, 2.45) is 0 Å². The lowest BCUT2D eigenvalue weighted by Gasteiger charge is -2.00. The maximum atomic E-state index is 9.31. The van der Waals surface area contributed by atoms with Gasteiger partial charge in [0.1, 0.15) is 5.75 Å². The minimum Gasteiger partial charge on any atom is -0.508 e. The Labute approximate surface area is 79.8 Å². The molecule has 1 heterocycles. The van der Waals surface area contributed by atoms with Crippen LogP contribution < -0.4 is 0 Å². The van der Waals surface area contributed by atoms with E-state index < -0.39 is 0 Å². The maximum Gasteiger partial charge on any atom is 0.118 e. The standard InChI is InChI=1S/C9H8N2OS/c1-6-4-7(2-3-8(6)12)9-5-10-11-13-9/h2-5,12H,1H3. The van der Waals surface area contributed by atoms with Crippen LogP contribution in [-0.2, 0) is 0 Å².